The molecule has 154 valence electrons. The molecule has 9 heteroatoms. The molecule has 2 amide bonds. The molecule has 1 aromatic carbocycles. The number of anilines is 1. The van der Waals surface area contributed by atoms with Crippen molar-refractivity contribution in [2.24, 2.45) is 0 Å². The van der Waals surface area contributed by atoms with Gasteiger partial charge < -0.3 is 29.5 Å². The molecule has 2 N–H and O–H groups in total. The second-order valence-electron chi connectivity index (χ2n) is 7.01. The summed E-state index contributed by atoms with van der Waals surface area (Å²) < 4.78 is 29.6. The van der Waals surface area contributed by atoms with Crippen molar-refractivity contribution in [2.75, 3.05) is 32.2 Å². The van der Waals surface area contributed by atoms with Crippen LogP contribution in [0.5, 0.6) is 0 Å². The lowest BCUT2D eigenvalue weighted by Crippen LogP contribution is -2.58. The highest BCUT2D eigenvalue weighted by Gasteiger charge is 2.40. The molecular formula is C19H25FN2O6. The van der Waals surface area contributed by atoms with Crippen molar-refractivity contribution in [1.82, 2.24) is 4.90 Å². The summed E-state index contributed by atoms with van der Waals surface area (Å²) in [5.74, 6) is -0.810. The van der Waals surface area contributed by atoms with Gasteiger partial charge >= 0.3 is 12.0 Å². The zero-order valence-electron chi connectivity index (χ0n) is 15.7. The van der Waals surface area contributed by atoms with Crippen molar-refractivity contribution < 1.29 is 33.3 Å². The van der Waals surface area contributed by atoms with Crippen LogP contribution >= 0.6 is 0 Å². The van der Waals surface area contributed by atoms with Gasteiger partial charge in [0.05, 0.1) is 51.5 Å². The maximum absolute atomic E-state index is 13.4. The third-order valence-corrected chi connectivity index (χ3v) is 4.94. The monoisotopic (exact) mass is 396 g/mol. The van der Waals surface area contributed by atoms with Gasteiger partial charge in [0.2, 0.25) is 0 Å². The van der Waals surface area contributed by atoms with Gasteiger partial charge in [-0.2, -0.15) is 0 Å². The summed E-state index contributed by atoms with van der Waals surface area (Å²) in [7, 11) is 1.33. The van der Waals surface area contributed by atoms with E-state index in [2.05, 4.69) is 5.32 Å². The standard InChI is InChI=1S/C19H25FN2O6/c1-26-18(24)8-15-5-6-16-17(28-15)11-27-10-14(23)9-22(16)19(25)21-13-4-2-3-12(20)7-13/h2-4,7,14-17,23H,5-6,8-11H2,1H3,(H,21,25)/t14-,15-,16+,17-/m0/s1. The number of fused-ring (bicyclic) bond motifs is 1. The SMILES string of the molecule is COC(=O)C[C@@H]1CC[C@@H]2[C@H](COC[C@@H](O)CN2C(=O)Nc2cccc(F)c2)O1. The average Bonchev–Trinajstić information content (AvgIpc) is 2.65. The molecule has 0 aliphatic carbocycles. The second-order valence-corrected chi connectivity index (χ2v) is 7.01. The van der Waals surface area contributed by atoms with Gasteiger partial charge in [0.1, 0.15) is 11.9 Å². The summed E-state index contributed by atoms with van der Waals surface area (Å²) in [6.45, 7) is 0.328. The van der Waals surface area contributed by atoms with Crippen LogP contribution in [0.15, 0.2) is 24.3 Å². The Morgan fingerprint density at radius 1 is 1.36 bits per heavy atom. The number of nitrogens with one attached hydrogen (secondary N) is 1. The minimum absolute atomic E-state index is 0.0628. The van der Waals surface area contributed by atoms with E-state index in [1.54, 1.807) is 6.07 Å². The Hall–Kier alpha value is -2.23. The third kappa shape index (κ3) is 5.18. The highest BCUT2D eigenvalue weighted by molar-refractivity contribution is 5.89. The zero-order valence-corrected chi connectivity index (χ0v) is 15.7. The molecule has 1 aromatic rings. The van der Waals surface area contributed by atoms with Crippen molar-refractivity contribution >= 4 is 17.7 Å². The van der Waals surface area contributed by atoms with Gasteiger partial charge in [-0.3, -0.25) is 4.79 Å². The summed E-state index contributed by atoms with van der Waals surface area (Å²) in [6, 6.07) is 4.83. The Balaban J connectivity index is 1.72. The first kappa shape index (κ1) is 20.5. The van der Waals surface area contributed by atoms with Crippen LogP contribution in [-0.4, -0.2) is 73.2 Å². The average molecular weight is 396 g/mol. The van der Waals surface area contributed by atoms with Gasteiger partial charge in [-0.1, -0.05) is 6.07 Å². The first-order valence-corrected chi connectivity index (χ1v) is 9.27. The second kappa shape index (κ2) is 9.31. The molecule has 2 aliphatic heterocycles. The predicted octanol–water partition coefficient (Wildman–Crippen LogP) is 1.53. The number of urea groups is 1. The van der Waals surface area contributed by atoms with Gasteiger partial charge in [0.25, 0.3) is 0 Å². The fourth-order valence-corrected chi connectivity index (χ4v) is 3.61. The van der Waals surface area contributed by atoms with Crippen LogP contribution < -0.4 is 5.32 Å². The predicted molar refractivity (Wildman–Crippen MR) is 97.3 cm³/mol. The summed E-state index contributed by atoms with van der Waals surface area (Å²) >= 11 is 0. The molecule has 0 radical (unpaired) electrons. The molecular weight excluding hydrogens is 371 g/mol. The molecule has 2 heterocycles. The highest BCUT2D eigenvalue weighted by Crippen LogP contribution is 2.28. The van der Waals surface area contributed by atoms with Gasteiger partial charge in [0.15, 0.2) is 0 Å². The third-order valence-electron chi connectivity index (χ3n) is 4.94. The Bertz CT molecular complexity index is 703. The minimum atomic E-state index is -0.841. The molecule has 0 unspecified atom stereocenters. The van der Waals surface area contributed by atoms with Crippen LogP contribution in [0.25, 0.3) is 0 Å². The van der Waals surface area contributed by atoms with E-state index in [9.17, 15) is 19.1 Å². The molecule has 0 spiro atoms. The van der Waals surface area contributed by atoms with Crippen LogP contribution in [0.1, 0.15) is 19.3 Å². The number of carbonyl (C=O) groups excluding carboxylic acids is 2. The molecule has 0 bridgehead atoms. The fourth-order valence-electron chi connectivity index (χ4n) is 3.61. The number of halogens is 1. The number of amides is 2. The maximum Gasteiger partial charge on any atom is 0.322 e. The van der Waals surface area contributed by atoms with E-state index >= 15 is 0 Å². The number of nitrogens with zero attached hydrogens (tertiary/aromatic N) is 1. The molecule has 2 fully saturated rings. The van der Waals surface area contributed by atoms with Gasteiger partial charge in [-0.15, -0.1) is 0 Å². The topological polar surface area (TPSA) is 97.3 Å². The van der Waals surface area contributed by atoms with Crippen LogP contribution in [0.2, 0.25) is 0 Å². The largest absolute Gasteiger partial charge is 0.469 e. The molecule has 2 aliphatic rings. The molecule has 2 saturated heterocycles. The van der Waals surface area contributed by atoms with Crippen LogP contribution in [0, 0.1) is 5.82 Å². The van der Waals surface area contributed by atoms with E-state index in [-0.39, 0.29) is 44.3 Å². The first-order chi connectivity index (χ1) is 13.5. The summed E-state index contributed by atoms with van der Waals surface area (Å²) in [5, 5.41) is 12.8. The summed E-state index contributed by atoms with van der Waals surface area (Å²) in [4.78, 5) is 25.9. The number of hydrogen-bond acceptors (Lipinski definition) is 6. The van der Waals surface area contributed by atoms with E-state index in [1.807, 2.05) is 0 Å². The lowest BCUT2D eigenvalue weighted by molar-refractivity contribution is -0.159. The molecule has 8 nitrogen and oxygen atoms in total. The maximum atomic E-state index is 13.4. The molecule has 4 atom stereocenters. The number of aliphatic hydroxyl groups excluding tert-OH is 1. The van der Waals surface area contributed by atoms with Crippen molar-refractivity contribution in [3.8, 4) is 0 Å². The minimum Gasteiger partial charge on any atom is -0.469 e. The number of aliphatic hydroxyl groups is 1. The first-order valence-electron chi connectivity index (χ1n) is 9.27. The summed E-state index contributed by atoms with van der Waals surface area (Å²) in [5.41, 5.74) is 0.328. The molecule has 3 rings (SSSR count). The number of β-amino-alcohol motifs (C(OH)–C–C–N with tert-alkyl or cyclic N) is 1. The van der Waals surface area contributed by atoms with E-state index in [4.69, 9.17) is 14.2 Å². The van der Waals surface area contributed by atoms with Crippen LogP contribution in [0.4, 0.5) is 14.9 Å². The number of methoxy groups -OCH3 is 1. The van der Waals surface area contributed by atoms with E-state index < -0.39 is 24.1 Å². The molecule has 0 aromatic heterocycles. The van der Waals surface area contributed by atoms with E-state index in [0.717, 1.165) is 0 Å². The van der Waals surface area contributed by atoms with Crippen molar-refractivity contribution in [3.63, 3.8) is 0 Å². The van der Waals surface area contributed by atoms with Gasteiger partial charge in [-0.25, -0.2) is 9.18 Å². The van der Waals surface area contributed by atoms with Crippen LogP contribution in [0.3, 0.4) is 0 Å². The smallest absolute Gasteiger partial charge is 0.322 e. The number of ether oxygens (including phenoxy) is 3. The lowest BCUT2D eigenvalue weighted by atomic mass is 9.95. The van der Waals surface area contributed by atoms with Gasteiger partial charge in [0, 0.05) is 5.69 Å². The number of carbonyl (C=O) groups is 2. The van der Waals surface area contributed by atoms with Crippen molar-refractivity contribution in [2.45, 2.75) is 43.6 Å². The van der Waals surface area contributed by atoms with Crippen LogP contribution in [-0.2, 0) is 19.0 Å². The Morgan fingerprint density at radius 3 is 2.93 bits per heavy atom. The van der Waals surface area contributed by atoms with Crippen molar-refractivity contribution in [1.29, 1.82) is 0 Å². The Morgan fingerprint density at radius 2 is 2.18 bits per heavy atom. The number of hydrogen-bond donors (Lipinski definition) is 2. The lowest BCUT2D eigenvalue weighted by Gasteiger charge is -2.44. The fraction of sp³-hybridized carbons (Fsp3) is 0.579. The van der Waals surface area contributed by atoms with E-state index in [0.29, 0.717) is 18.5 Å². The Labute approximate surface area is 162 Å². The highest BCUT2D eigenvalue weighted by atomic mass is 19.1. The van der Waals surface area contributed by atoms with Gasteiger partial charge in [-0.05, 0) is 31.0 Å². The van der Waals surface area contributed by atoms with Crippen molar-refractivity contribution in [3.05, 3.63) is 30.1 Å². The molecule has 28 heavy (non-hydrogen) atoms. The number of rotatable bonds is 3. The quantitative estimate of drug-likeness (QED) is 0.752. The normalized spacial score (nSPS) is 27.9. The number of benzene rings is 1. The summed E-state index contributed by atoms with van der Waals surface area (Å²) in [6.07, 6.45) is -0.302. The Kier molecular flexibility index (Phi) is 6.82. The van der Waals surface area contributed by atoms with E-state index in [1.165, 1.54) is 30.2 Å². The zero-order chi connectivity index (χ0) is 20.1. The number of esters is 1. The molecule has 0 saturated carbocycles.